The van der Waals surface area contributed by atoms with Gasteiger partial charge in [-0.3, -0.25) is 9.55 Å². The van der Waals surface area contributed by atoms with E-state index >= 15 is 0 Å². The number of pyridine rings is 1. The van der Waals surface area contributed by atoms with E-state index in [1.54, 1.807) is 31.3 Å². The van der Waals surface area contributed by atoms with Crippen molar-refractivity contribution < 1.29 is 9.26 Å². The Morgan fingerprint density at radius 1 is 1.14 bits per heavy atom. The number of thioether (sulfide) groups is 1. The van der Waals surface area contributed by atoms with Gasteiger partial charge in [-0.2, -0.15) is 4.98 Å². The van der Waals surface area contributed by atoms with Crippen LogP contribution in [0.4, 0.5) is 0 Å². The van der Waals surface area contributed by atoms with Gasteiger partial charge in [0.25, 0.3) is 5.89 Å². The summed E-state index contributed by atoms with van der Waals surface area (Å²) in [5.74, 6) is 3.26. The molecule has 1 aliphatic rings. The molecule has 9 heteroatoms. The van der Waals surface area contributed by atoms with Gasteiger partial charge in [-0.15, -0.1) is 10.2 Å². The van der Waals surface area contributed by atoms with Crippen molar-refractivity contribution in [3.63, 3.8) is 0 Å². The quantitative estimate of drug-likeness (QED) is 0.425. The van der Waals surface area contributed by atoms with Crippen molar-refractivity contribution in [3.05, 3.63) is 54.6 Å². The molecule has 0 amide bonds. The standard InChI is InChI=1S/C20H18N6O2S/c1-27-16-4-2-3-14(11-16)19-22-17(25-28-19)12-29-20-24-23-18(26(20)15-5-6-15)13-7-9-21-10-8-13/h2-4,7-11,15H,5-6,12H2,1H3. The molecule has 1 fully saturated rings. The maximum Gasteiger partial charge on any atom is 0.258 e. The van der Waals surface area contributed by atoms with E-state index in [2.05, 4.69) is 29.9 Å². The number of hydrogen-bond donors (Lipinski definition) is 0. The van der Waals surface area contributed by atoms with Crippen LogP contribution in [0.1, 0.15) is 24.7 Å². The van der Waals surface area contributed by atoms with Crippen LogP contribution in [0.15, 0.2) is 58.5 Å². The van der Waals surface area contributed by atoms with Crippen LogP contribution in [0, 0.1) is 0 Å². The minimum atomic E-state index is 0.452. The van der Waals surface area contributed by atoms with Crippen LogP contribution in [0.5, 0.6) is 5.75 Å². The molecule has 146 valence electrons. The number of nitrogens with zero attached hydrogens (tertiary/aromatic N) is 6. The summed E-state index contributed by atoms with van der Waals surface area (Å²) in [7, 11) is 1.63. The van der Waals surface area contributed by atoms with E-state index in [0.29, 0.717) is 23.5 Å². The minimum Gasteiger partial charge on any atom is -0.497 e. The van der Waals surface area contributed by atoms with Crippen molar-refractivity contribution in [2.45, 2.75) is 29.8 Å². The fourth-order valence-corrected chi connectivity index (χ4v) is 3.90. The zero-order valence-corrected chi connectivity index (χ0v) is 16.5. The molecule has 0 aliphatic heterocycles. The molecular formula is C20H18N6O2S. The SMILES string of the molecule is COc1cccc(-c2nc(CSc3nnc(-c4ccncc4)n3C3CC3)no2)c1. The Bertz CT molecular complexity index is 1120. The lowest BCUT2D eigenvalue weighted by atomic mass is 10.2. The Balaban J connectivity index is 1.35. The molecule has 0 radical (unpaired) electrons. The van der Waals surface area contributed by atoms with E-state index in [0.717, 1.165) is 40.7 Å². The number of benzene rings is 1. The second-order valence-electron chi connectivity index (χ2n) is 6.68. The Labute approximate surface area is 171 Å². The molecule has 3 aromatic heterocycles. The third-order valence-corrected chi connectivity index (χ3v) is 5.57. The first-order valence-corrected chi connectivity index (χ1v) is 10.3. The number of rotatable bonds is 7. The molecule has 3 heterocycles. The average Bonchev–Trinajstić information content (AvgIpc) is 3.34. The topological polar surface area (TPSA) is 91.8 Å². The van der Waals surface area contributed by atoms with Crippen molar-refractivity contribution in [3.8, 4) is 28.6 Å². The van der Waals surface area contributed by atoms with E-state index in [-0.39, 0.29) is 0 Å². The Morgan fingerprint density at radius 2 is 2.00 bits per heavy atom. The maximum atomic E-state index is 5.42. The van der Waals surface area contributed by atoms with Crippen LogP contribution in [0.25, 0.3) is 22.8 Å². The summed E-state index contributed by atoms with van der Waals surface area (Å²) < 4.78 is 12.9. The summed E-state index contributed by atoms with van der Waals surface area (Å²) in [6.45, 7) is 0. The van der Waals surface area contributed by atoms with E-state index in [9.17, 15) is 0 Å². The van der Waals surface area contributed by atoms with E-state index < -0.39 is 0 Å². The first-order valence-electron chi connectivity index (χ1n) is 9.27. The molecule has 0 N–H and O–H groups in total. The summed E-state index contributed by atoms with van der Waals surface area (Å²) in [5.41, 5.74) is 1.85. The minimum absolute atomic E-state index is 0.452. The largest absolute Gasteiger partial charge is 0.497 e. The van der Waals surface area contributed by atoms with Crippen LogP contribution < -0.4 is 4.74 Å². The number of ether oxygens (including phenoxy) is 1. The van der Waals surface area contributed by atoms with Gasteiger partial charge in [-0.05, 0) is 43.2 Å². The predicted molar refractivity (Wildman–Crippen MR) is 107 cm³/mol. The van der Waals surface area contributed by atoms with Crippen molar-refractivity contribution in [1.29, 1.82) is 0 Å². The van der Waals surface area contributed by atoms with Gasteiger partial charge in [-0.25, -0.2) is 0 Å². The Hall–Kier alpha value is -3.20. The van der Waals surface area contributed by atoms with Crippen molar-refractivity contribution >= 4 is 11.8 Å². The first kappa shape index (κ1) is 17.9. The van der Waals surface area contributed by atoms with Gasteiger partial charge < -0.3 is 9.26 Å². The molecule has 8 nitrogen and oxygen atoms in total. The fourth-order valence-electron chi connectivity index (χ4n) is 3.05. The number of methoxy groups -OCH3 is 1. The lowest BCUT2D eigenvalue weighted by Gasteiger charge is -2.07. The molecule has 29 heavy (non-hydrogen) atoms. The molecular weight excluding hydrogens is 388 g/mol. The normalized spacial score (nSPS) is 13.6. The molecule has 1 saturated carbocycles. The zero-order chi connectivity index (χ0) is 19.6. The van der Waals surface area contributed by atoms with E-state index in [1.165, 1.54) is 0 Å². The van der Waals surface area contributed by atoms with Crippen molar-refractivity contribution in [2.24, 2.45) is 0 Å². The summed E-state index contributed by atoms with van der Waals surface area (Å²) in [4.78, 5) is 8.59. The van der Waals surface area contributed by atoms with Crippen LogP contribution in [-0.2, 0) is 5.75 Å². The maximum absolute atomic E-state index is 5.42. The molecule has 0 spiro atoms. The van der Waals surface area contributed by atoms with Gasteiger partial charge in [0.05, 0.1) is 12.9 Å². The van der Waals surface area contributed by atoms with Crippen LogP contribution in [0.2, 0.25) is 0 Å². The second kappa shape index (κ2) is 7.67. The summed E-state index contributed by atoms with van der Waals surface area (Å²) >= 11 is 1.56. The molecule has 5 rings (SSSR count). The van der Waals surface area contributed by atoms with Gasteiger partial charge in [0, 0.05) is 29.6 Å². The highest BCUT2D eigenvalue weighted by Gasteiger charge is 2.30. The highest BCUT2D eigenvalue weighted by Crippen LogP contribution is 2.41. The lowest BCUT2D eigenvalue weighted by Crippen LogP contribution is -2.00. The molecule has 1 aliphatic carbocycles. The summed E-state index contributed by atoms with van der Waals surface area (Å²) in [5, 5.41) is 13.8. The predicted octanol–water partition coefficient (Wildman–Crippen LogP) is 4.03. The van der Waals surface area contributed by atoms with Crippen molar-refractivity contribution in [2.75, 3.05) is 7.11 Å². The van der Waals surface area contributed by atoms with Crippen LogP contribution >= 0.6 is 11.8 Å². The number of aromatic nitrogens is 6. The molecule has 4 aromatic rings. The fraction of sp³-hybridized carbons (Fsp3) is 0.250. The van der Waals surface area contributed by atoms with Crippen molar-refractivity contribution in [1.82, 2.24) is 29.9 Å². The van der Waals surface area contributed by atoms with E-state index in [1.807, 2.05) is 36.4 Å². The molecule has 1 aromatic carbocycles. The first-order chi connectivity index (χ1) is 14.3. The Kier molecular flexibility index (Phi) is 4.73. The Morgan fingerprint density at radius 3 is 2.79 bits per heavy atom. The van der Waals surface area contributed by atoms with Gasteiger partial charge in [0.2, 0.25) is 0 Å². The molecule has 0 unspecified atom stereocenters. The number of hydrogen-bond acceptors (Lipinski definition) is 8. The zero-order valence-electron chi connectivity index (χ0n) is 15.7. The highest BCUT2D eigenvalue weighted by atomic mass is 32.2. The van der Waals surface area contributed by atoms with Gasteiger partial charge in [0.1, 0.15) is 5.75 Å². The monoisotopic (exact) mass is 406 g/mol. The molecule has 0 bridgehead atoms. The second-order valence-corrected chi connectivity index (χ2v) is 7.62. The van der Waals surface area contributed by atoms with E-state index in [4.69, 9.17) is 9.26 Å². The van der Waals surface area contributed by atoms with Gasteiger partial charge in [-0.1, -0.05) is 23.0 Å². The average molecular weight is 406 g/mol. The summed E-state index contributed by atoms with van der Waals surface area (Å²) in [6, 6.07) is 11.9. The lowest BCUT2D eigenvalue weighted by molar-refractivity contribution is 0.412. The van der Waals surface area contributed by atoms with Gasteiger partial charge >= 0.3 is 0 Å². The molecule has 0 atom stereocenters. The van der Waals surface area contributed by atoms with Crippen LogP contribution in [-0.4, -0.2) is 37.0 Å². The molecule has 0 saturated heterocycles. The highest BCUT2D eigenvalue weighted by molar-refractivity contribution is 7.98. The third-order valence-electron chi connectivity index (χ3n) is 4.63. The van der Waals surface area contributed by atoms with Crippen LogP contribution in [0.3, 0.4) is 0 Å². The smallest absolute Gasteiger partial charge is 0.258 e. The third kappa shape index (κ3) is 3.73. The summed E-state index contributed by atoms with van der Waals surface area (Å²) in [6.07, 6.45) is 5.83. The van der Waals surface area contributed by atoms with Gasteiger partial charge in [0.15, 0.2) is 16.8 Å².